The number of allylic oxidation sites excluding steroid dienone is 4. The molecule has 2 rings (SSSR count). The van der Waals surface area contributed by atoms with Crippen LogP contribution in [0, 0.1) is 12.8 Å². The minimum atomic E-state index is -3.83. The van der Waals surface area contributed by atoms with Crippen molar-refractivity contribution in [1.29, 1.82) is 0 Å². The van der Waals surface area contributed by atoms with Crippen LogP contribution in [0.4, 0.5) is 0 Å². The third-order valence-corrected chi connectivity index (χ3v) is 5.63. The predicted octanol–water partition coefficient (Wildman–Crippen LogP) is 3.96. The lowest BCUT2D eigenvalue weighted by Crippen LogP contribution is -2.20. The molecule has 0 amide bonds. The van der Waals surface area contributed by atoms with Gasteiger partial charge in [-0.3, -0.25) is 4.79 Å². The van der Waals surface area contributed by atoms with Gasteiger partial charge in [0.25, 0.3) is 10.0 Å². The Morgan fingerprint density at radius 1 is 1.09 bits per heavy atom. The highest BCUT2D eigenvalue weighted by Gasteiger charge is 2.27. The predicted molar refractivity (Wildman–Crippen MR) is 95.4 cm³/mol. The van der Waals surface area contributed by atoms with Crippen LogP contribution in [0.5, 0.6) is 0 Å². The molecule has 0 atom stereocenters. The zero-order chi connectivity index (χ0) is 17.4. The van der Waals surface area contributed by atoms with Gasteiger partial charge in [0.05, 0.1) is 15.1 Å². The topological polar surface area (TPSA) is 63.6 Å². The largest absolute Gasteiger partial charge is 0.288 e. The fourth-order valence-corrected chi connectivity index (χ4v) is 4.24. The molecule has 23 heavy (non-hydrogen) atoms. The Morgan fingerprint density at radius 3 is 2.17 bits per heavy atom. The summed E-state index contributed by atoms with van der Waals surface area (Å²) in [4.78, 5) is 12.2. The van der Waals surface area contributed by atoms with Gasteiger partial charge < -0.3 is 0 Å². The number of halogens is 1. The quantitative estimate of drug-likeness (QED) is 0.727. The fourth-order valence-electron chi connectivity index (χ4n) is 2.27. The normalized spacial score (nSPS) is 17.9. The number of nitrogens with zero attached hydrogens (tertiary/aromatic N) is 1. The van der Waals surface area contributed by atoms with Crippen molar-refractivity contribution in [3.05, 3.63) is 51.5 Å². The second-order valence-corrected chi connectivity index (χ2v) is 8.20. The van der Waals surface area contributed by atoms with Crippen molar-refractivity contribution in [3.63, 3.8) is 0 Å². The summed E-state index contributed by atoms with van der Waals surface area (Å²) in [7, 11) is -3.83. The molecule has 0 spiro atoms. The van der Waals surface area contributed by atoms with E-state index >= 15 is 0 Å². The molecule has 0 heterocycles. The average Bonchev–Trinajstić information content (AvgIpc) is 2.44. The molecule has 0 aliphatic heterocycles. The number of aryl methyl sites for hydroxylation is 1. The molecular formula is C17H18BrNO3S. The number of hydrogen-bond donors (Lipinski definition) is 0. The molecule has 0 unspecified atom stereocenters. The van der Waals surface area contributed by atoms with Crippen LogP contribution in [0.3, 0.4) is 0 Å². The maximum absolute atomic E-state index is 12.5. The molecule has 1 aliphatic rings. The zero-order valence-corrected chi connectivity index (χ0v) is 15.8. The van der Waals surface area contributed by atoms with Crippen LogP contribution in [0.15, 0.2) is 55.3 Å². The molecule has 0 N–H and O–H groups in total. The Hall–Kier alpha value is -1.53. The summed E-state index contributed by atoms with van der Waals surface area (Å²) in [6, 6.07) is 6.53. The number of sulfonamides is 1. The number of carbonyl (C=O) groups is 1. The summed E-state index contributed by atoms with van der Waals surface area (Å²) in [6.45, 7) is 7.32. The molecule has 1 aromatic carbocycles. The summed E-state index contributed by atoms with van der Waals surface area (Å²) in [5.74, 6) is -0.176. The van der Waals surface area contributed by atoms with Gasteiger partial charge in [0.2, 0.25) is 0 Å². The minimum absolute atomic E-state index is 0.0374. The maximum atomic E-state index is 12.5. The van der Waals surface area contributed by atoms with Gasteiger partial charge in [-0.05, 0) is 65.1 Å². The zero-order valence-electron chi connectivity index (χ0n) is 13.4. The van der Waals surface area contributed by atoms with Gasteiger partial charge in [-0.1, -0.05) is 31.5 Å². The van der Waals surface area contributed by atoms with Crippen molar-refractivity contribution in [1.82, 2.24) is 0 Å². The van der Waals surface area contributed by atoms with Gasteiger partial charge in [0.15, 0.2) is 5.78 Å². The second-order valence-electron chi connectivity index (χ2n) is 5.80. The first kappa shape index (κ1) is 17.8. The smallest absolute Gasteiger partial charge is 0.282 e. The average molecular weight is 396 g/mol. The van der Waals surface area contributed by atoms with E-state index in [-0.39, 0.29) is 16.6 Å². The fraction of sp³-hybridized carbons (Fsp3) is 0.294. The van der Waals surface area contributed by atoms with E-state index in [2.05, 4.69) is 20.3 Å². The molecule has 0 fully saturated rings. The van der Waals surface area contributed by atoms with E-state index in [0.29, 0.717) is 21.3 Å². The maximum Gasteiger partial charge on any atom is 0.282 e. The molecule has 1 aliphatic carbocycles. The summed E-state index contributed by atoms with van der Waals surface area (Å²) >= 11 is 3.29. The first-order valence-corrected chi connectivity index (χ1v) is 9.41. The van der Waals surface area contributed by atoms with E-state index < -0.39 is 10.0 Å². The molecule has 0 aromatic heterocycles. The van der Waals surface area contributed by atoms with Gasteiger partial charge in [-0.15, -0.1) is 0 Å². The van der Waals surface area contributed by atoms with Crippen LogP contribution >= 0.6 is 15.9 Å². The van der Waals surface area contributed by atoms with E-state index in [0.717, 1.165) is 5.56 Å². The Balaban J connectivity index is 2.60. The van der Waals surface area contributed by atoms with E-state index in [9.17, 15) is 13.2 Å². The molecule has 122 valence electrons. The molecule has 4 nitrogen and oxygen atoms in total. The summed E-state index contributed by atoms with van der Waals surface area (Å²) in [5, 5.41) is 0. The van der Waals surface area contributed by atoms with E-state index in [1.165, 1.54) is 18.2 Å². The highest BCUT2D eigenvalue weighted by atomic mass is 79.9. The summed E-state index contributed by atoms with van der Waals surface area (Å²) < 4.78 is 29.4. The van der Waals surface area contributed by atoms with Crippen molar-refractivity contribution < 1.29 is 13.2 Å². The first-order valence-electron chi connectivity index (χ1n) is 7.18. The minimum Gasteiger partial charge on any atom is -0.288 e. The Bertz CT molecular complexity index is 844. The highest BCUT2D eigenvalue weighted by Crippen LogP contribution is 2.30. The van der Waals surface area contributed by atoms with Crippen molar-refractivity contribution in [3.8, 4) is 0 Å². The van der Waals surface area contributed by atoms with Gasteiger partial charge in [-0.25, -0.2) is 0 Å². The lowest BCUT2D eigenvalue weighted by Gasteiger charge is -2.19. The van der Waals surface area contributed by atoms with Gasteiger partial charge in [0.1, 0.15) is 0 Å². The van der Waals surface area contributed by atoms with Crippen LogP contribution in [-0.4, -0.2) is 19.9 Å². The molecule has 1 aromatic rings. The van der Waals surface area contributed by atoms with E-state index in [4.69, 9.17) is 0 Å². The molecular weight excluding hydrogens is 378 g/mol. The van der Waals surface area contributed by atoms with Gasteiger partial charge >= 0.3 is 0 Å². The number of Topliss-reactive ketones (excluding diaryl/α,β-unsaturated/α-hetero) is 1. The van der Waals surface area contributed by atoms with Gasteiger partial charge in [-0.2, -0.15) is 12.8 Å². The van der Waals surface area contributed by atoms with Crippen molar-refractivity contribution in [2.45, 2.75) is 32.6 Å². The second kappa shape index (κ2) is 6.53. The Labute approximate surface area is 145 Å². The number of rotatable bonds is 3. The third kappa shape index (κ3) is 3.70. The van der Waals surface area contributed by atoms with Crippen LogP contribution < -0.4 is 0 Å². The van der Waals surface area contributed by atoms with Crippen LogP contribution in [-0.2, 0) is 14.8 Å². The lowest BCUT2D eigenvalue weighted by atomic mass is 9.90. The van der Waals surface area contributed by atoms with E-state index in [1.807, 2.05) is 20.8 Å². The lowest BCUT2D eigenvalue weighted by molar-refractivity contribution is -0.111. The number of benzene rings is 1. The number of hydrogen-bond acceptors (Lipinski definition) is 3. The SMILES string of the molecule is CC1=C/C(=N\S(=O)(=O)c2ccc(C)cc2)C(C(C)C)=C(Br)C1=O. The molecule has 0 saturated heterocycles. The van der Waals surface area contributed by atoms with Crippen LogP contribution in [0.1, 0.15) is 26.3 Å². The number of ketones is 1. The highest BCUT2D eigenvalue weighted by molar-refractivity contribution is 9.12. The first-order chi connectivity index (χ1) is 10.6. The number of carbonyl (C=O) groups excluding carboxylic acids is 1. The monoisotopic (exact) mass is 395 g/mol. The van der Waals surface area contributed by atoms with E-state index in [1.54, 1.807) is 19.1 Å². The van der Waals surface area contributed by atoms with Crippen molar-refractivity contribution >= 4 is 37.4 Å². The Morgan fingerprint density at radius 2 is 1.65 bits per heavy atom. The molecule has 0 bridgehead atoms. The summed E-state index contributed by atoms with van der Waals surface area (Å²) in [5.41, 5.74) is 2.35. The third-order valence-electron chi connectivity index (χ3n) is 3.54. The molecule has 0 radical (unpaired) electrons. The van der Waals surface area contributed by atoms with Crippen LogP contribution in [0.2, 0.25) is 0 Å². The Kier molecular flexibility index (Phi) is 5.06. The van der Waals surface area contributed by atoms with Crippen molar-refractivity contribution in [2.24, 2.45) is 10.3 Å². The molecule has 6 heteroatoms. The van der Waals surface area contributed by atoms with Crippen LogP contribution in [0.25, 0.3) is 0 Å². The standard InChI is InChI=1S/C17H18BrNO3S/c1-10(2)15-14(9-12(4)17(20)16(15)18)19-23(21,22)13-7-5-11(3)6-8-13/h5-10H,1-4H3/b19-14+. The summed E-state index contributed by atoms with van der Waals surface area (Å²) in [6.07, 6.45) is 1.54. The van der Waals surface area contributed by atoms with Gasteiger partial charge in [0, 0.05) is 0 Å². The van der Waals surface area contributed by atoms with Crippen molar-refractivity contribution in [2.75, 3.05) is 0 Å². The molecule has 0 saturated carbocycles.